The van der Waals surface area contributed by atoms with E-state index in [9.17, 15) is 4.79 Å². The molecule has 2 unspecified atom stereocenters. The fourth-order valence-corrected chi connectivity index (χ4v) is 4.44. The van der Waals surface area contributed by atoms with Crippen molar-refractivity contribution in [3.05, 3.63) is 12.7 Å². The van der Waals surface area contributed by atoms with Crippen molar-refractivity contribution >= 4 is 17.7 Å². The van der Waals surface area contributed by atoms with Crippen molar-refractivity contribution in [1.29, 1.82) is 0 Å². The largest absolute Gasteiger partial charge is 0.465 e. The maximum absolute atomic E-state index is 11.8. The highest BCUT2D eigenvalue weighted by Gasteiger charge is 2.42. The highest BCUT2D eigenvalue weighted by molar-refractivity contribution is 7.99. The summed E-state index contributed by atoms with van der Waals surface area (Å²) in [7, 11) is 0. The van der Waals surface area contributed by atoms with Gasteiger partial charge in [-0.3, -0.25) is 9.69 Å². The number of carbonyl (C=O) groups is 1. The Hall–Kier alpha value is -0.520. The lowest BCUT2D eigenvalue weighted by Crippen LogP contribution is -2.50. The van der Waals surface area contributed by atoms with E-state index in [1.54, 1.807) is 0 Å². The first-order chi connectivity index (χ1) is 9.69. The maximum atomic E-state index is 11.8. The van der Waals surface area contributed by atoms with E-state index in [1.165, 1.54) is 5.75 Å². The van der Waals surface area contributed by atoms with Crippen LogP contribution in [0.2, 0.25) is 0 Å². The quantitative estimate of drug-likeness (QED) is 0.555. The molecule has 2 aliphatic heterocycles. The Kier molecular flexibility index (Phi) is 5.93. The van der Waals surface area contributed by atoms with Crippen LogP contribution in [0.3, 0.4) is 0 Å². The van der Waals surface area contributed by atoms with Crippen LogP contribution in [0.15, 0.2) is 12.7 Å². The molecule has 0 bridgehead atoms. The summed E-state index contributed by atoms with van der Waals surface area (Å²) >= 11 is 1.97. The lowest BCUT2D eigenvalue weighted by molar-refractivity contribution is -0.147. The third-order valence-electron chi connectivity index (χ3n) is 4.05. The van der Waals surface area contributed by atoms with Gasteiger partial charge in [-0.1, -0.05) is 6.08 Å². The standard InChI is InChI=1S/C15H25NO3S/c1-3-7-16(11-14(17)18-4-2)13-5-8-19-15(10-13)6-9-20-12-15/h3,13H,1,4-12H2,2H3. The zero-order valence-electron chi connectivity index (χ0n) is 12.3. The molecule has 0 amide bonds. The second-order valence-corrected chi connectivity index (χ2v) is 6.61. The molecular formula is C15H25NO3S. The number of esters is 1. The summed E-state index contributed by atoms with van der Waals surface area (Å²) in [4.78, 5) is 13.9. The average molecular weight is 299 g/mol. The zero-order valence-corrected chi connectivity index (χ0v) is 13.1. The number of thioether (sulfide) groups is 1. The lowest BCUT2D eigenvalue weighted by Gasteiger charge is -2.42. The van der Waals surface area contributed by atoms with Gasteiger partial charge in [0.25, 0.3) is 0 Å². The first kappa shape index (κ1) is 15.9. The van der Waals surface area contributed by atoms with Gasteiger partial charge in [-0.2, -0.15) is 11.8 Å². The van der Waals surface area contributed by atoms with Gasteiger partial charge in [0.05, 0.1) is 18.8 Å². The summed E-state index contributed by atoms with van der Waals surface area (Å²) in [5, 5.41) is 0. The monoisotopic (exact) mass is 299 g/mol. The fraction of sp³-hybridized carbons (Fsp3) is 0.800. The normalized spacial score (nSPS) is 29.8. The minimum atomic E-state index is -0.143. The van der Waals surface area contributed by atoms with E-state index in [0.717, 1.165) is 38.2 Å². The SMILES string of the molecule is C=CCN(CC(=O)OCC)C1CCOC2(CCSC2)C1. The van der Waals surface area contributed by atoms with Crippen molar-refractivity contribution in [2.24, 2.45) is 0 Å². The summed E-state index contributed by atoms with van der Waals surface area (Å²) in [5.41, 5.74) is 0.0433. The predicted molar refractivity (Wildman–Crippen MR) is 82.1 cm³/mol. The maximum Gasteiger partial charge on any atom is 0.320 e. The second-order valence-electron chi connectivity index (χ2n) is 5.50. The van der Waals surface area contributed by atoms with Crippen molar-refractivity contribution in [2.45, 2.75) is 37.8 Å². The molecule has 2 heterocycles. The van der Waals surface area contributed by atoms with Crippen molar-refractivity contribution in [3.8, 4) is 0 Å². The molecular weight excluding hydrogens is 274 g/mol. The van der Waals surface area contributed by atoms with E-state index >= 15 is 0 Å². The van der Waals surface area contributed by atoms with Gasteiger partial charge < -0.3 is 9.47 Å². The van der Waals surface area contributed by atoms with Gasteiger partial charge in [0.1, 0.15) is 0 Å². The van der Waals surface area contributed by atoms with Gasteiger partial charge in [0.2, 0.25) is 0 Å². The molecule has 114 valence electrons. The van der Waals surface area contributed by atoms with E-state index in [1.807, 2.05) is 24.8 Å². The number of carbonyl (C=O) groups excluding carboxylic acids is 1. The second kappa shape index (κ2) is 7.48. The van der Waals surface area contributed by atoms with Crippen LogP contribution in [-0.2, 0) is 14.3 Å². The highest BCUT2D eigenvalue weighted by atomic mass is 32.2. The number of hydrogen-bond acceptors (Lipinski definition) is 5. The molecule has 2 atom stereocenters. The molecule has 2 saturated heterocycles. The van der Waals surface area contributed by atoms with Crippen LogP contribution in [0.25, 0.3) is 0 Å². The number of rotatable bonds is 6. The van der Waals surface area contributed by atoms with Gasteiger partial charge >= 0.3 is 5.97 Å². The molecule has 20 heavy (non-hydrogen) atoms. The topological polar surface area (TPSA) is 38.8 Å². The molecule has 0 aromatic rings. The van der Waals surface area contributed by atoms with E-state index in [4.69, 9.17) is 9.47 Å². The van der Waals surface area contributed by atoms with Crippen LogP contribution in [0.5, 0.6) is 0 Å². The summed E-state index contributed by atoms with van der Waals surface area (Å²) in [6.45, 7) is 7.97. The molecule has 0 aromatic carbocycles. The Labute approximate surface area is 125 Å². The van der Waals surface area contributed by atoms with Crippen LogP contribution in [-0.4, -0.2) is 60.3 Å². The Bertz CT molecular complexity index is 342. The number of hydrogen-bond donors (Lipinski definition) is 0. The summed E-state index contributed by atoms with van der Waals surface area (Å²) < 4.78 is 11.1. The van der Waals surface area contributed by atoms with Crippen LogP contribution in [0.1, 0.15) is 26.2 Å². The summed E-state index contributed by atoms with van der Waals surface area (Å²) in [5.74, 6) is 2.13. The van der Waals surface area contributed by atoms with Gasteiger partial charge in [-0.05, 0) is 31.9 Å². The van der Waals surface area contributed by atoms with E-state index < -0.39 is 0 Å². The van der Waals surface area contributed by atoms with Crippen molar-refractivity contribution in [3.63, 3.8) is 0 Å². The van der Waals surface area contributed by atoms with Gasteiger partial charge in [-0.25, -0.2) is 0 Å². The van der Waals surface area contributed by atoms with Crippen LogP contribution >= 0.6 is 11.8 Å². The number of nitrogens with zero attached hydrogens (tertiary/aromatic N) is 1. The molecule has 0 N–H and O–H groups in total. The highest BCUT2D eigenvalue weighted by Crippen LogP contribution is 2.39. The van der Waals surface area contributed by atoms with Crippen molar-refractivity contribution in [1.82, 2.24) is 4.90 Å². The molecule has 5 heteroatoms. The van der Waals surface area contributed by atoms with Crippen LogP contribution in [0.4, 0.5) is 0 Å². The Morgan fingerprint density at radius 1 is 1.65 bits per heavy atom. The van der Waals surface area contributed by atoms with E-state index in [-0.39, 0.29) is 11.6 Å². The third kappa shape index (κ3) is 3.99. The van der Waals surface area contributed by atoms with Crippen molar-refractivity contribution in [2.75, 3.05) is 37.8 Å². The van der Waals surface area contributed by atoms with Gasteiger partial charge in [-0.15, -0.1) is 6.58 Å². The Balaban J connectivity index is 1.96. The lowest BCUT2D eigenvalue weighted by atomic mass is 9.89. The first-order valence-electron chi connectivity index (χ1n) is 7.41. The van der Waals surface area contributed by atoms with Gasteiger partial charge in [0.15, 0.2) is 0 Å². The first-order valence-corrected chi connectivity index (χ1v) is 8.57. The molecule has 0 radical (unpaired) electrons. The molecule has 2 rings (SSSR count). The molecule has 2 fully saturated rings. The smallest absolute Gasteiger partial charge is 0.320 e. The summed E-state index contributed by atoms with van der Waals surface area (Å²) in [6.07, 6.45) is 5.01. The predicted octanol–water partition coefficient (Wildman–Crippen LogP) is 2.09. The molecule has 2 aliphatic rings. The minimum Gasteiger partial charge on any atom is -0.465 e. The minimum absolute atomic E-state index is 0.0433. The van der Waals surface area contributed by atoms with Crippen LogP contribution in [0, 0.1) is 0 Å². The molecule has 0 aliphatic carbocycles. The van der Waals surface area contributed by atoms with Gasteiger partial charge in [0, 0.05) is 24.9 Å². The number of ether oxygens (including phenoxy) is 2. The molecule has 4 nitrogen and oxygen atoms in total. The van der Waals surface area contributed by atoms with E-state index in [0.29, 0.717) is 19.2 Å². The Morgan fingerprint density at radius 3 is 3.15 bits per heavy atom. The van der Waals surface area contributed by atoms with E-state index in [2.05, 4.69) is 11.5 Å². The molecule has 0 aromatic heterocycles. The molecule has 0 saturated carbocycles. The van der Waals surface area contributed by atoms with Crippen molar-refractivity contribution < 1.29 is 14.3 Å². The third-order valence-corrected chi connectivity index (χ3v) is 5.27. The van der Waals surface area contributed by atoms with Crippen LogP contribution < -0.4 is 0 Å². The zero-order chi connectivity index (χ0) is 14.4. The Morgan fingerprint density at radius 2 is 2.50 bits per heavy atom. The molecule has 1 spiro atoms. The summed E-state index contributed by atoms with van der Waals surface area (Å²) in [6, 6.07) is 0.393. The average Bonchev–Trinajstić information content (AvgIpc) is 2.86. The fourth-order valence-electron chi connectivity index (χ4n) is 3.06.